The van der Waals surface area contributed by atoms with E-state index in [1.54, 1.807) is 0 Å². The van der Waals surface area contributed by atoms with E-state index in [0.29, 0.717) is 19.4 Å². The monoisotopic (exact) mass is 286 g/mol. The van der Waals surface area contributed by atoms with Gasteiger partial charge in [-0.15, -0.1) is 0 Å². The first-order valence-corrected chi connectivity index (χ1v) is 5.88. The molecule has 0 spiro atoms. The number of ether oxygens (including phenoxy) is 2. The normalized spacial score (nSPS) is 9.94. The Labute approximate surface area is 104 Å². The van der Waals surface area contributed by atoms with E-state index in [0.717, 1.165) is 15.8 Å². The van der Waals surface area contributed by atoms with Crippen LogP contribution in [0.1, 0.15) is 18.4 Å². The molecule has 0 saturated carbocycles. The highest BCUT2D eigenvalue weighted by Gasteiger charge is 2.02. The number of aryl methyl sites for hydroxylation is 1. The van der Waals surface area contributed by atoms with Gasteiger partial charge in [-0.3, -0.25) is 4.79 Å². The Bertz CT molecular complexity index is 363. The van der Waals surface area contributed by atoms with Crippen LogP contribution in [0, 0.1) is 6.92 Å². The zero-order valence-electron chi connectivity index (χ0n) is 9.46. The van der Waals surface area contributed by atoms with E-state index in [2.05, 4.69) is 20.7 Å². The minimum Gasteiger partial charge on any atom is -0.493 e. The number of carbonyl (C=O) groups excluding carboxylic acids is 1. The van der Waals surface area contributed by atoms with Crippen LogP contribution >= 0.6 is 15.9 Å². The molecule has 0 N–H and O–H groups in total. The summed E-state index contributed by atoms with van der Waals surface area (Å²) in [6, 6.07) is 5.88. The van der Waals surface area contributed by atoms with Crippen LogP contribution in [0.3, 0.4) is 0 Å². The van der Waals surface area contributed by atoms with E-state index in [9.17, 15) is 4.79 Å². The first-order valence-electron chi connectivity index (χ1n) is 5.09. The summed E-state index contributed by atoms with van der Waals surface area (Å²) >= 11 is 3.39. The molecule has 0 aliphatic heterocycles. The van der Waals surface area contributed by atoms with Gasteiger partial charge in [0.25, 0.3) is 0 Å². The lowest BCUT2D eigenvalue weighted by molar-refractivity contribution is -0.140. The summed E-state index contributed by atoms with van der Waals surface area (Å²) in [6.45, 7) is 2.51. The Morgan fingerprint density at radius 1 is 1.44 bits per heavy atom. The summed E-state index contributed by atoms with van der Waals surface area (Å²) in [5.41, 5.74) is 1.08. The molecule has 1 aromatic carbocycles. The molecule has 3 nitrogen and oxygen atoms in total. The van der Waals surface area contributed by atoms with Gasteiger partial charge in [-0.2, -0.15) is 0 Å². The van der Waals surface area contributed by atoms with Crippen LogP contribution < -0.4 is 4.74 Å². The lowest BCUT2D eigenvalue weighted by Gasteiger charge is -2.08. The van der Waals surface area contributed by atoms with Crippen LogP contribution in [-0.2, 0) is 9.53 Å². The molecule has 0 saturated heterocycles. The number of esters is 1. The largest absolute Gasteiger partial charge is 0.493 e. The number of methoxy groups -OCH3 is 1. The van der Waals surface area contributed by atoms with Crippen LogP contribution in [0.2, 0.25) is 0 Å². The first kappa shape index (κ1) is 13.0. The maximum Gasteiger partial charge on any atom is 0.305 e. The standard InChI is InChI=1S/C12H15BrO3/c1-9-5-6-10(13)8-11(9)16-7-3-4-12(14)15-2/h5-6,8H,3-4,7H2,1-2H3. The zero-order chi connectivity index (χ0) is 12.0. The lowest BCUT2D eigenvalue weighted by atomic mass is 10.2. The van der Waals surface area contributed by atoms with Gasteiger partial charge in [0.05, 0.1) is 13.7 Å². The van der Waals surface area contributed by atoms with Crippen molar-refractivity contribution in [2.75, 3.05) is 13.7 Å². The molecule has 0 bridgehead atoms. The van der Waals surface area contributed by atoms with E-state index in [1.807, 2.05) is 25.1 Å². The van der Waals surface area contributed by atoms with Gasteiger partial charge >= 0.3 is 5.97 Å². The highest BCUT2D eigenvalue weighted by Crippen LogP contribution is 2.22. The summed E-state index contributed by atoms with van der Waals surface area (Å²) in [5, 5.41) is 0. The fourth-order valence-electron chi connectivity index (χ4n) is 1.23. The Morgan fingerprint density at radius 3 is 2.88 bits per heavy atom. The zero-order valence-corrected chi connectivity index (χ0v) is 11.0. The second-order valence-electron chi connectivity index (χ2n) is 3.44. The van der Waals surface area contributed by atoms with Gasteiger partial charge in [-0.25, -0.2) is 0 Å². The van der Waals surface area contributed by atoms with E-state index >= 15 is 0 Å². The average molecular weight is 287 g/mol. The van der Waals surface area contributed by atoms with E-state index < -0.39 is 0 Å². The highest BCUT2D eigenvalue weighted by molar-refractivity contribution is 9.10. The van der Waals surface area contributed by atoms with Gasteiger partial charge in [0.2, 0.25) is 0 Å². The molecule has 0 amide bonds. The number of benzene rings is 1. The second-order valence-corrected chi connectivity index (χ2v) is 4.35. The van der Waals surface area contributed by atoms with Gasteiger partial charge in [-0.05, 0) is 31.0 Å². The predicted octanol–water partition coefficient (Wildman–Crippen LogP) is 3.09. The van der Waals surface area contributed by atoms with Crippen LogP contribution in [0.5, 0.6) is 5.75 Å². The fraction of sp³-hybridized carbons (Fsp3) is 0.417. The number of halogens is 1. The maximum atomic E-state index is 10.9. The number of carbonyl (C=O) groups is 1. The Hall–Kier alpha value is -1.03. The van der Waals surface area contributed by atoms with E-state index in [4.69, 9.17) is 4.74 Å². The molecule has 0 aromatic heterocycles. The van der Waals surface area contributed by atoms with Gasteiger partial charge < -0.3 is 9.47 Å². The lowest BCUT2D eigenvalue weighted by Crippen LogP contribution is -2.05. The molecule has 0 heterocycles. The molecule has 88 valence electrons. The summed E-state index contributed by atoms with van der Waals surface area (Å²) in [4.78, 5) is 10.9. The van der Waals surface area contributed by atoms with Gasteiger partial charge in [0, 0.05) is 10.9 Å². The van der Waals surface area contributed by atoms with Crippen molar-refractivity contribution in [1.29, 1.82) is 0 Å². The Morgan fingerprint density at radius 2 is 2.19 bits per heavy atom. The van der Waals surface area contributed by atoms with Crippen molar-refractivity contribution in [2.24, 2.45) is 0 Å². The van der Waals surface area contributed by atoms with Crippen molar-refractivity contribution in [3.8, 4) is 5.75 Å². The molecule has 4 heteroatoms. The molecule has 1 aromatic rings. The van der Waals surface area contributed by atoms with Crippen molar-refractivity contribution < 1.29 is 14.3 Å². The predicted molar refractivity (Wildman–Crippen MR) is 65.6 cm³/mol. The summed E-state index contributed by atoms with van der Waals surface area (Å²) in [6.07, 6.45) is 1.06. The smallest absolute Gasteiger partial charge is 0.305 e. The van der Waals surface area contributed by atoms with Crippen LogP contribution in [0.25, 0.3) is 0 Å². The SMILES string of the molecule is COC(=O)CCCOc1cc(Br)ccc1C. The summed E-state index contributed by atoms with van der Waals surface area (Å²) in [7, 11) is 1.39. The fourth-order valence-corrected chi connectivity index (χ4v) is 1.57. The Kier molecular flexibility index (Phi) is 5.32. The number of hydrogen-bond donors (Lipinski definition) is 0. The molecule has 0 fully saturated rings. The summed E-state index contributed by atoms with van der Waals surface area (Å²) < 4.78 is 11.1. The van der Waals surface area contributed by atoms with Crippen molar-refractivity contribution in [3.05, 3.63) is 28.2 Å². The topological polar surface area (TPSA) is 35.5 Å². The third-order valence-electron chi connectivity index (χ3n) is 2.16. The minimum absolute atomic E-state index is 0.199. The van der Waals surface area contributed by atoms with Gasteiger partial charge in [-0.1, -0.05) is 22.0 Å². The van der Waals surface area contributed by atoms with Crippen LogP contribution in [-0.4, -0.2) is 19.7 Å². The minimum atomic E-state index is -0.199. The van der Waals surface area contributed by atoms with Crippen molar-refractivity contribution in [3.63, 3.8) is 0 Å². The maximum absolute atomic E-state index is 10.9. The quantitative estimate of drug-likeness (QED) is 0.616. The van der Waals surface area contributed by atoms with E-state index in [-0.39, 0.29) is 5.97 Å². The van der Waals surface area contributed by atoms with Gasteiger partial charge in [0.15, 0.2) is 0 Å². The summed E-state index contributed by atoms with van der Waals surface area (Å²) in [5.74, 6) is 0.647. The molecule has 0 unspecified atom stereocenters. The van der Waals surface area contributed by atoms with E-state index in [1.165, 1.54) is 7.11 Å². The second kappa shape index (κ2) is 6.53. The molecule has 16 heavy (non-hydrogen) atoms. The Balaban J connectivity index is 2.37. The number of hydrogen-bond acceptors (Lipinski definition) is 3. The molecule has 0 radical (unpaired) electrons. The molecular formula is C12H15BrO3. The molecule has 0 atom stereocenters. The van der Waals surface area contributed by atoms with Crippen molar-refractivity contribution >= 4 is 21.9 Å². The highest BCUT2D eigenvalue weighted by atomic mass is 79.9. The van der Waals surface area contributed by atoms with Crippen LogP contribution in [0.15, 0.2) is 22.7 Å². The average Bonchev–Trinajstić information content (AvgIpc) is 2.28. The molecule has 1 rings (SSSR count). The molecule has 0 aliphatic carbocycles. The molecular weight excluding hydrogens is 272 g/mol. The third-order valence-corrected chi connectivity index (χ3v) is 2.65. The van der Waals surface area contributed by atoms with Crippen LogP contribution in [0.4, 0.5) is 0 Å². The van der Waals surface area contributed by atoms with Gasteiger partial charge in [0.1, 0.15) is 5.75 Å². The van der Waals surface area contributed by atoms with Crippen molar-refractivity contribution in [1.82, 2.24) is 0 Å². The first-order chi connectivity index (χ1) is 7.63. The number of rotatable bonds is 5. The molecule has 0 aliphatic rings. The third kappa shape index (κ3) is 4.23. The van der Waals surface area contributed by atoms with Crippen molar-refractivity contribution in [2.45, 2.75) is 19.8 Å².